The van der Waals surface area contributed by atoms with Crippen LogP contribution in [-0.4, -0.2) is 16.1 Å². The van der Waals surface area contributed by atoms with Gasteiger partial charge in [0, 0.05) is 15.4 Å². The van der Waals surface area contributed by atoms with Gasteiger partial charge < -0.3 is 9.52 Å². The Morgan fingerprint density at radius 3 is 2.58 bits per heavy atom. The predicted molar refractivity (Wildman–Crippen MR) is 114 cm³/mol. The van der Waals surface area contributed by atoms with Crippen LogP contribution in [0.3, 0.4) is 0 Å². The lowest BCUT2D eigenvalue weighted by Crippen LogP contribution is -2.04. The number of carbonyl (C=O) groups is 1. The second-order valence-corrected chi connectivity index (χ2v) is 7.59. The Kier molecular flexibility index (Phi) is 5.41. The number of hydrogen-bond acceptors (Lipinski definition) is 3. The SMILES string of the molecule is O=C(O)c1cc(/C=C/c2ccc(-c3cccc(C(F)(F)F)c3)o2)nc2ccc(Br)cc12. The molecule has 0 fully saturated rings. The summed E-state index contributed by atoms with van der Waals surface area (Å²) in [6, 6.07) is 14.7. The van der Waals surface area contributed by atoms with Gasteiger partial charge in [0.05, 0.1) is 22.3 Å². The Morgan fingerprint density at radius 2 is 1.84 bits per heavy atom. The first kappa shape index (κ1) is 20.9. The third-order valence-corrected chi connectivity index (χ3v) is 5.03. The number of benzene rings is 2. The smallest absolute Gasteiger partial charge is 0.416 e. The minimum atomic E-state index is -4.44. The van der Waals surface area contributed by atoms with Gasteiger partial charge in [0.2, 0.25) is 0 Å². The number of furan rings is 1. The molecule has 0 radical (unpaired) electrons. The molecular formula is C23H13BrF3NO3. The normalized spacial score (nSPS) is 12.0. The Labute approximate surface area is 182 Å². The maximum absolute atomic E-state index is 12.9. The van der Waals surface area contributed by atoms with E-state index in [1.54, 1.807) is 42.5 Å². The number of aromatic nitrogens is 1. The van der Waals surface area contributed by atoms with Gasteiger partial charge in [0.1, 0.15) is 11.5 Å². The van der Waals surface area contributed by atoms with Crippen molar-refractivity contribution in [2.45, 2.75) is 6.18 Å². The third-order valence-electron chi connectivity index (χ3n) is 4.54. The first-order valence-corrected chi connectivity index (χ1v) is 9.79. The average molecular weight is 488 g/mol. The molecule has 4 nitrogen and oxygen atoms in total. The second kappa shape index (κ2) is 8.03. The van der Waals surface area contributed by atoms with Gasteiger partial charge in [-0.05, 0) is 60.7 Å². The molecule has 2 aromatic carbocycles. The number of pyridine rings is 1. The molecule has 0 atom stereocenters. The zero-order valence-corrected chi connectivity index (χ0v) is 17.2. The molecule has 2 aromatic heterocycles. The Balaban J connectivity index is 1.65. The number of halogens is 4. The van der Waals surface area contributed by atoms with Crippen molar-refractivity contribution in [3.63, 3.8) is 0 Å². The van der Waals surface area contributed by atoms with Crippen LogP contribution in [0.2, 0.25) is 0 Å². The van der Waals surface area contributed by atoms with Crippen LogP contribution in [0.15, 0.2) is 69.6 Å². The molecule has 4 aromatic rings. The highest BCUT2D eigenvalue weighted by molar-refractivity contribution is 9.10. The van der Waals surface area contributed by atoms with Crippen LogP contribution < -0.4 is 0 Å². The zero-order chi connectivity index (χ0) is 22.2. The molecule has 0 saturated carbocycles. The van der Waals surface area contributed by atoms with Crippen LogP contribution in [0.5, 0.6) is 0 Å². The maximum atomic E-state index is 12.9. The number of carboxylic acids is 1. The highest BCUT2D eigenvalue weighted by Crippen LogP contribution is 2.33. The lowest BCUT2D eigenvalue weighted by atomic mass is 10.1. The Bertz CT molecular complexity index is 1330. The standard InChI is InChI=1S/C23H13BrF3NO3/c24-15-4-8-20-18(11-15)19(22(29)30)12-16(28-20)5-6-17-7-9-21(31-17)13-2-1-3-14(10-13)23(25,26)27/h1-12H,(H,29,30)/b6-5+. The summed E-state index contributed by atoms with van der Waals surface area (Å²) in [4.78, 5) is 16.1. The van der Waals surface area contributed by atoms with E-state index in [9.17, 15) is 23.1 Å². The van der Waals surface area contributed by atoms with Gasteiger partial charge in [-0.25, -0.2) is 9.78 Å². The molecule has 31 heavy (non-hydrogen) atoms. The molecule has 0 aliphatic carbocycles. The highest BCUT2D eigenvalue weighted by atomic mass is 79.9. The fourth-order valence-corrected chi connectivity index (χ4v) is 3.46. The van der Waals surface area contributed by atoms with E-state index in [2.05, 4.69) is 20.9 Å². The van der Waals surface area contributed by atoms with E-state index >= 15 is 0 Å². The number of hydrogen-bond donors (Lipinski definition) is 1. The van der Waals surface area contributed by atoms with Crippen molar-refractivity contribution in [1.29, 1.82) is 0 Å². The highest BCUT2D eigenvalue weighted by Gasteiger charge is 2.30. The van der Waals surface area contributed by atoms with Crippen molar-refractivity contribution in [2.24, 2.45) is 0 Å². The van der Waals surface area contributed by atoms with Crippen molar-refractivity contribution in [3.8, 4) is 11.3 Å². The average Bonchev–Trinajstić information content (AvgIpc) is 3.20. The van der Waals surface area contributed by atoms with E-state index in [1.165, 1.54) is 18.2 Å². The minimum absolute atomic E-state index is 0.107. The summed E-state index contributed by atoms with van der Waals surface area (Å²) in [6.07, 6.45) is -1.27. The van der Waals surface area contributed by atoms with E-state index in [0.717, 1.165) is 16.6 Å². The molecular weight excluding hydrogens is 475 g/mol. The van der Waals surface area contributed by atoms with Crippen LogP contribution in [0, 0.1) is 0 Å². The summed E-state index contributed by atoms with van der Waals surface area (Å²) in [5.74, 6) is -0.403. The summed E-state index contributed by atoms with van der Waals surface area (Å²) >= 11 is 3.32. The molecule has 8 heteroatoms. The van der Waals surface area contributed by atoms with Gasteiger partial charge >= 0.3 is 12.1 Å². The Morgan fingerprint density at radius 1 is 1.03 bits per heavy atom. The minimum Gasteiger partial charge on any atom is -0.478 e. The lowest BCUT2D eigenvalue weighted by Gasteiger charge is -2.07. The molecule has 0 bridgehead atoms. The lowest BCUT2D eigenvalue weighted by molar-refractivity contribution is -0.137. The zero-order valence-electron chi connectivity index (χ0n) is 15.7. The number of nitrogens with zero attached hydrogens (tertiary/aromatic N) is 1. The van der Waals surface area contributed by atoms with Gasteiger partial charge in [-0.15, -0.1) is 0 Å². The molecule has 156 valence electrons. The van der Waals surface area contributed by atoms with Gasteiger partial charge in [-0.2, -0.15) is 13.2 Å². The summed E-state index contributed by atoms with van der Waals surface area (Å²) < 4.78 is 45.2. The molecule has 0 aliphatic heterocycles. The number of carboxylic acid groups (broad SMARTS) is 1. The van der Waals surface area contributed by atoms with Crippen molar-refractivity contribution in [2.75, 3.05) is 0 Å². The van der Waals surface area contributed by atoms with Crippen LogP contribution >= 0.6 is 15.9 Å². The molecule has 1 N–H and O–H groups in total. The van der Waals surface area contributed by atoms with Gasteiger partial charge in [0.15, 0.2) is 0 Å². The van der Waals surface area contributed by atoms with E-state index < -0.39 is 17.7 Å². The largest absolute Gasteiger partial charge is 0.478 e. The topological polar surface area (TPSA) is 63.3 Å². The van der Waals surface area contributed by atoms with E-state index in [0.29, 0.717) is 27.9 Å². The molecule has 0 aliphatic rings. The van der Waals surface area contributed by atoms with Gasteiger partial charge in [-0.3, -0.25) is 0 Å². The van der Waals surface area contributed by atoms with Gasteiger partial charge in [0.25, 0.3) is 0 Å². The van der Waals surface area contributed by atoms with Crippen LogP contribution in [0.25, 0.3) is 34.4 Å². The predicted octanol–water partition coefficient (Wildman–Crippen LogP) is 7.14. The van der Waals surface area contributed by atoms with Crippen molar-refractivity contribution in [3.05, 3.63) is 87.7 Å². The molecule has 0 amide bonds. The summed E-state index contributed by atoms with van der Waals surface area (Å²) in [5.41, 5.74) is 0.579. The summed E-state index contributed by atoms with van der Waals surface area (Å²) in [5, 5.41) is 10.0. The fourth-order valence-electron chi connectivity index (χ4n) is 3.09. The van der Waals surface area contributed by atoms with E-state index in [-0.39, 0.29) is 11.3 Å². The van der Waals surface area contributed by atoms with Crippen LogP contribution in [0.4, 0.5) is 13.2 Å². The number of fused-ring (bicyclic) bond motifs is 1. The number of alkyl halides is 3. The third kappa shape index (κ3) is 4.54. The Hall–Kier alpha value is -3.39. The summed E-state index contributed by atoms with van der Waals surface area (Å²) in [6.45, 7) is 0. The number of aromatic carboxylic acids is 1. The molecule has 0 spiro atoms. The van der Waals surface area contributed by atoms with Crippen molar-refractivity contribution < 1.29 is 27.5 Å². The maximum Gasteiger partial charge on any atom is 0.416 e. The van der Waals surface area contributed by atoms with E-state index in [4.69, 9.17) is 4.42 Å². The first-order chi connectivity index (χ1) is 14.7. The van der Waals surface area contributed by atoms with Crippen molar-refractivity contribution in [1.82, 2.24) is 4.98 Å². The van der Waals surface area contributed by atoms with E-state index in [1.807, 2.05) is 0 Å². The molecule has 2 heterocycles. The second-order valence-electron chi connectivity index (χ2n) is 6.68. The van der Waals surface area contributed by atoms with Crippen LogP contribution in [0.1, 0.15) is 27.4 Å². The molecule has 0 saturated heterocycles. The summed E-state index contributed by atoms with van der Waals surface area (Å²) in [7, 11) is 0. The monoisotopic (exact) mass is 487 g/mol. The van der Waals surface area contributed by atoms with Gasteiger partial charge in [-0.1, -0.05) is 28.1 Å². The quantitative estimate of drug-likeness (QED) is 0.332. The van der Waals surface area contributed by atoms with Crippen molar-refractivity contribution >= 4 is 45.0 Å². The fraction of sp³-hybridized carbons (Fsp3) is 0.0435. The van der Waals surface area contributed by atoms with Crippen LogP contribution in [-0.2, 0) is 6.18 Å². The molecule has 0 unspecified atom stereocenters. The number of rotatable bonds is 4. The first-order valence-electron chi connectivity index (χ1n) is 9.00. The molecule has 4 rings (SSSR count).